The van der Waals surface area contributed by atoms with Crippen molar-refractivity contribution in [3.8, 4) is 11.5 Å². The summed E-state index contributed by atoms with van der Waals surface area (Å²) in [4.78, 5) is 49.2. The van der Waals surface area contributed by atoms with Crippen LogP contribution in [0, 0.1) is 24.4 Å². The molecule has 12 aromatic rings. The molecule has 7 aromatic carbocycles. The van der Waals surface area contributed by atoms with E-state index in [4.69, 9.17) is 4.74 Å². The number of phenolic OH excluding ortho intramolecular Hbond substituents is 1. The van der Waals surface area contributed by atoms with Crippen LogP contribution in [0.4, 0.5) is 18.9 Å². The van der Waals surface area contributed by atoms with Gasteiger partial charge < -0.3 is 20.3 Å². The first-order valence-electron chi connectivity index (χ1n) is 37.1. The first-order valence-corrected chi connectivity index (χ1v) is 37.1. The maximum absolute atomic E-state index is 13.9. The van der Waals surface area contributed by atoms with Crippen LogP contribution < -0.4 is 10.1 Å². The Balaban J connectivity index is 0.000000149. The van der Waals surface area contributed by atoms with Gasteiger partial charge in [-0.3, -0.25) is 38.1 Å². The predicted molar refractivity (Wildman–Crippen MR) is 414 cm³/mol. The Morgan fingerprint density at radius 1 is 0.514 bits per heavy atom. The van der Waals surface area contributed by atoms with E-state index >= 15 is 0 Å². The number of aromatic hydroxyl groups is 1. The van der Waals surface area contributed by atoms with Crippen molar-refractivity contribution < 1.29 is 42.5 Å². The standard InChI is InChI=1S/C33H39N3O.C31H33FN2O3.C26H23F2NO2/c1-23-14-15-25(22-34-23)16-19-31(37)36-30-18-17-27(35-26-12-8-9-13-26)21-28(30)29(32(36)33(2,3)4)20-24-10-6-5-7-11-24;1-31(2,36)30-27(17-21-8-4-3-5-9-21)26-18-25(37-24-10-6-7-11-24)13-14-28(26)34(30)29(35)15-12-22-16-23(32)20-33-19-22;1-2-24-21(14-17-6-4-3-5-7-17)20-11-10-19(30)16-25(20)29(24)26(31)13-9-18-8-12-22(27)23(28)15-18/h5-7,10-11,14-15,17-18,21-22,26,35H,8-9,12-13,16,19-20H2,1-4H3;3-5,8-9,13-14,16,18-20,24,36H,6-7,10-12,15,17H2,1-2H3;3-8,10-12,15-16,30H,2,9,13-14H2,1H3. The average molecular weight is 1410 g/mol. The van der Waals surface area contributed by atoms with Crippen molar-refractivity contribution in [3.63, 3.8) is 0 Å². The van der Waals surface area contributed by atoms with E-state index in [1.807, 2.05) is 103 Å². The summed E-state index contributed by atoms with van der Waals surface area (Å²) in [5, 5.41) is 28.2. The monoisotopic (exact) mass is 1410 g/mol. The number of halogens is 3. The number of pyridine rings is 2. The number of aryl methyl sites for hydroxylation is 4. The van der Waals surface area contributed by atoms with Crippen LogP contribution in [0.15, 0.2) is 201 Å². The van der Waals surface area contributed by atoms with Crippen LogP contribution in [0.3, 0.4) is 0 Å². The average Bonchev–Trinajstić information content (AvgIpc) is 1.60. The van der Waals surface area contributed by atoms with Crippen molar-refractivity contribution >= 4 is 56.1 Å². The summed E-state index contributed by atoms with van der Waals surface area (Å²) in [5.41, 5.74) is 14.7. The molecule has 0 atom stereocenters. The Bertz CT molecular complexity index is 5020. The van der Waals surface area contributed by atoms with Crippen LogP contribution in [0.2, 0.25) is 0 Å². The van der Waals surface area contributed by atoms with E-state index in [0.717, 1.165) is 116 Å². The Morgan fingerprint density at radius 2 is 1.06 bits per heavy atom. The summed E-state index contributed by atoms with van der Waals surface area (Å²) in [7, 11) is 0. The molecule has 2 aliphatic carbocycles. The third-order valence-corrected chi connectivity index (χ3v) is 20.3. The molecule has 5 heterocycles. The van der Waals surface area contributed by atoms with Crippen LogP contribution in [0.5, 0.6) is 11.5 Å². The summed E-state index contributed by atoms with van der Waals surface area (Å²) in [6.45, 7) is 14.1. The lowest BCUT2D eigenvalue weighted by atomic mass is 9.86. The van der Waals surface area contributed by atoms with Crippen molar-refractivity contribution in [1.29, 1.82) is 0 Å². The predicted octanol–water partition coefficient (Wildman–Crippen LogP) is 20.5. The molecule has 0 radical (unpaired) electrons. The SMILES string of the molecule is CC(C)(O)c1c(Cc2ccccc2)c2cc(OC3CCCC3)ccc2n1C(=O)CCc1cncc(F)c1.CCc1c(Cc2ccccc2)c2ccc(O)cc2n1C(=O)CCc1ccc(F)c(F)c1.Cc1ccc(CCC(=O)n2c(C(C)(C)C)c(Cc3ccccc3)c3cc(NC4CCCC4)ccc32)cn1. The number of ether oxygens (including phenoxy) is 1. The Kier molecular flexibility index (Phi) is 23.5. The topological polar surface area (TPSA) is 154 Å². The molecule has 12 nitrogen and oxygen atoms in total. The van der Waals surface area contributed by atoms with Crippen molar-refractivity contribution in [3.05, 3.63) is 291 Å². The van der Waals surface area contributed by atoms with Crippen LogP contribution >= 0.6 is 0 Å². The third kappa shape index (κ3) is 18.1. The smallest absolute Gasteiger partial charge is 0.231 e. The number of hydrogen-bond donors (Lipinski definition) is 3. The summed E-state index contributed by atoms with van der Waals surface area (Å²) < 4.78 is 52.0. The lowest BCUT2D eigenvalue weighted by Gasteiger charge is -2.24. The molecule has 2 saturated carbocycles. The number of benzene rings is 7. The minimum atomic E-state index is -1.27. The van der Waals surface area contributed by atoms with E-state index in [1.165, 1.54) is 67.2 Å². The highest BCUT2D eigenvalue weighted by atomic mass is 19.2. The lowest BCUT2D eigenvalue weighted by molar-refractivity contribution is 0.0641. The number of nitrogens with zero attached hydrogens (tertiary/aromatic N) is 5. The molecule has 0 spiro atoms. The first-order chi connectivity index (χ1) is 50.6. The number of aliphatic hydroxyl groups is 1. The largest absolute Gasteiger partial charge is 0.508 e. The highest BCUT2D eigenvalue weighted by Crippen LogP contribution is 2.41. The minimum absolute atomic E-state index is 0.0913. The number of hydrogen-bond acceptors (Lipinski definition) is 9. The van der Waals surface area contributed by atoms with Gasteiger partial charge in [0.25, 0.3) is 0 Å². The summed E-state index contributed by atoms with van der Waals surface area (Å²) in [5.74, 6) is -1.52. The molecule has 0 saturated heterocycles. The first kappa shape index (κ1) is 74.3. The number of fused-ring (bicyclic) bond motifs is 3. The molecule has 0 aliphatic heterocycles. The number of rotatable bonds is 21. The van der Waals surface area contributed by atoms with Gasteiger partial charge in [-0.05, 0) is 227 Å². The number of nitrogens with one attached hydrogen (secondary N) is 1. The van der Waals surface area contributed by atoms with Gasteiger partial charge in [0.1, 0.15) is 17.3 Å². The number of aromatic nitrogens is 5. The highest BCUT2D eigenvalue weighted by Gasteiger charge is 2.33. The Labute approximate surface area is 614 Å². The zero-order valence-electron chi connectivity index (χ0n) is 61.3. The van der Waals surface area contributed by atoms with Gasteiger partial charge in [-0.15, -0.1) is 0 Å². The molecule has 0 unspecified atom stereocenters. The molecule has 105 heavy (non-hydrogen) atoms. The van der Waals surface area contributed by atoms with Gasteiger partial charge in [0.2, 0.25) is 17.7 Å². The van der Waals surface area contributed by atoms with E-state index in [1.54, 1.807) is 41.3 Å². The van der Waals surface area contributed by atoms with E-state index in [0.29, 0.717) is 73.3 Å². The quantitative estimate of drug-likeness (QED) is 0.0638. The van der Waals surface area contributed by atoms with E-state index in [9.17, 15) is 37.8 Å². The van der Waals surface area contributed by atoms with Gasteiger partial charge >= 0.3 is 0 Å². The molecule has 2 fully saturated rings. The summed E-state index contributed by atoms with van der Waals surface area (Å²) >= 11 is 0. The van der Waals surface area contributed by atoms with Crippen LogP contribution in [0.1, 0.15) is 199 Å². The van der Waals surface area contributed by atoms with E-state index < -0.39 is 23.1 Å². The molecule has 542 valence electrons. The van der Waals surface area contributed by atoms with E-state index in [2.05, 4.69) is 103 Å². The van der Waals surface area contributed by atoms with Gasteiger partial charge in [0.05, 0.1) is 40.1 Å². The van der Waals surface area contributed by atoms with E-state index in [-0.39, 0.29) is 47.8 Å². The van der Waals surface area contributed by atoms with Gasteiger partial charge in [-0.1, -0.05) is 144 Å². The lowest BCUT2D eigenvalue weighted by Crippen LogP contribution is -2.26. The van der Waals surface area contributed by atoms with Crippen LogP contribution in [-0.4, -0.2) is 63.7 Å². The normalized spacial score (nSPS) is 13.4. The highest BCUT2D eigenvalue weighted by molar-refractivity contribution is 6.00. The molecular formula is C90H95F3N6O6. The van der Waals surface area contributed by atoms with Crippen molar-refractivity contribution in [2.24, 2.45) is 0 Å². The Morgan fingerprint density at radius 3 is 1.63 bits per heavy atom. The number of carbonyl (C=O) groups is 3. The molecular weight excluding hydrogens is 1320 g/mol. The number of phenols is 1. The molecule has 15 heteroatoms. The number of anilines is 1. The van der Waals surface area contributed by atoms with Crippen LogP contribution in [-0.2, 0) is 56.0 Å². The van der Waals surface area contributed by atoms with Crippen molar-refractivity contribution in [1.82, 2.24) is 23.7 Å². The fourth-order valence-corrected chi connectivity index (χ4v) is 15.3. The van der Waals surface area contributed by atoms with Gasteiger partial charge in [-0.25, -0.2) is 13.2 Å². The molecule has 3 N–H and O–H groups in total. The maximum Gasteiger partial charge on any atom is 0.231 e. The second kappa shape index (κ2) is 33.2. The van der Waals surface area contributed by atoms with Gasteiger partial charge in [-0.2, -0.15) is 0 Å². The summed E-state index contributed by atoms with van der Waals surface area (Å²) in [6, 6.07) is 58.0. The fourth-order valence-electron chi connectivity index (χ4n) is 15.3. The number of carbonyl (C=O) groups excluding carboxylic acids is 3. The second-order valence-electron chi connectivity index (χ2n) is 29.7. The van der Waals surface area contributed by atoms with Gasteiger partial charge in [0.15, 0.2) is 11.6 Å². The minimum Gasteiger partial charge on any atom is -0.508 e. The van der Waals surface area contributed by atoms with Crippen molar-refractivity contribution in [2.45, 2.75) is 187 Å². The second-order valence-corrected chi connectivity index (χ2v) is 29.7. The molecule has 5 aromatic heterocycles. The van der Waals surface area contributed by atoms with Gasteiger partial charge in [0, 0.05) is 88.1 Å². The molecule has 0 amide bonds. The third-order valence-electron chi connectivity index (χ3n) is 20.3. The molecule has 14 rings (SSSR count). The Hall–Kier alpha value is -10.4. The molecule has 0 bridgehead atoms. The fraction of sp³-hybridized carbons (Fsp3) is 0.322. The summed E-state index contributed by atoms with van der Waals surface area (Å²) in [6.07, 6.45) is 19.1. The van der Waals surface area contributed by atoms with Crippen LogP contribution in [0.25, 0.3) is 32.7 Å². The van der Waals surface area contributed by atoms with Crippen molar-refractivity contribution in [2.75, 3.05) is 5.32 Å². The maximum atomic E-state index is 13.9. The zero-order valence-corrected chi connectivity index (χ0v) is 61.3. The molecule has 2 aliphatic rings. The zero-order chi connectivity index (χ0) is 73.9.